The predicted octanol–water partition coefficient (Wildman–Crippen LogP) is 2.60. The van der Waals surface area contributed by atoms with Gasteiger partial charge in [0.1, 0.15) is 10.1 Å². The van der Waals surface area contributed by atoms with E-state index in [1.54, 1.807) is 14.1 Å². The van der Waals surface area contributed by atoms with Gasteiger partial charge in [-0.2, -0.15) is 9.19 Å². The third kappa shape index (κ3) is 5.76. The predicted molar refractivity (Wildman–Crippen MR) is 147 cm³/mol. The first-order valence-corrected chi connectivity index (χ1v) is 15.6. The molecular weight excluding hydrogens is 626 g/mol. The van der Waals surface area contributed by atoms with Crippen LogP contribution >= 0.6 is 27.5 Å². The van der Waals surface area contributed by atoms with Crippen LogP contribution in [0.15, 0.2) is 28.2 Å². The van der Waals surface area contributed by atoms with Crippen LogP contribution in [0.3, 0.4) is 0 Å². The lowest BCUT2D eigenvalue weighted by molar-refractivity contribution is 0.0692. The number of sulfone groups is 1. The number of rotatable bonds is 11. The third-order valence-corrected chi connectivity index (χ3v) is 9.56. The molecule has 0 aliphatic carbocycles. The average Bonchev–Trinajstić information content (AvgIpc) is 3.37. The SMILES string of the molecule is C=Cc1c(C(=O)N(C)CCOC[C@H](C)S(=O)(=O)c2cc(Cl)c3c(c2)c(Br)nn3S(C)(=O)=O)nn(C)c1OC. The lowest BCUT2D eigenvalue weighted by Crippen LogP contribution is -2.32. The van der Waals surface area contributed by atoms with Crippen molar-refractivity contribution < 1.29 is 31.1 Å². The number of methoxy groups -OCH3 is 1. The second kappa shape index (κ2) is 11.3. The lowest BCUT2D eigenvalue weighted by atomic mass is 10.2. The standard InChI is InChI=1S/C22H27BrClN5O7S2/c1-7-15-18(25-28(4)22(15)35-5)21(30)27(3)8-9-36-12-13(2)38(33,34)14-10-16-19(17(24)11-14)29(26-20(16)23)37(6,31)32/h7,10-11,13H,1,8-9,12H2,2-6H3/t13-/m0/s1. The summed E-state index contributed by atoms with van der Waals surface area (Å²) in [6, 6.07) is 2.51. The molecule has 1 amide bonds. The molecule has 38 heavy (non-hydrogen) atoms. The van der Waals surface area contributed by atoms with Crippen LogP contribution in [0.1, 0.15) is 23.0 Å². The Kier molecular flexibility index (Phi) is 8.98. The van der Waals surface area contributed by atoms with Gasteiger partial charge in [-0.05, 0) is 35.0 Å². The highest BCUT2D eigenvalue weighted by Crippen LogP contribution is 2.34. The summed E-state index contributed by atoms with van der Waals surface area (Å²) < 4.78 is 63.6. The van der Waals surface area contributed by atoms with Gasteiger partial charge in [-0.3, -0.25) is 4.79 Å². The molecule has 0 saturated carbocycles. The molecule has 0 bridgehead atoms. The monoisotopic (exact) mass is 651 g/mol. The van der Waals surface area contributed by atoms with Crippen molar-refractivity contribution in [3.63, 3.8) is 0 Å². The first kappa shape index (κ1) is 30.1. The number of fused-ring (bicyclic) bond motifs is 1. The maximum absolute atomic E-state index is 13.2. The summed E-state index contributed by atoms with van der Waals surface area (Å²) in [6.07, 6.45) is 2.45. The molecule has 2 aromatic heterocycles. The van der Waals surface area contributed by atoms with Gasteiger partial charge >= 0.3 is 0 Å². The third-order valence-electron chi connectivity index (χ3n) is 5.70. The second-order valence-electron chi connectivity index (χ2n) is 8.45. The number of ether oxygens (including phenoxy) is 2. The average molecular weight is 653 g/mol. The Morgan fingerprint density at radius 3 is 2.53 bits per heavy atom. The van der Waals surface area contributed by atoms with Gasteiger partial charge in [-0.1, -0.05) is 24.3 Å². The highest BCUT2D eigenvalue weighted by atomic mass is 79.9. The van der Waals surface area contributed by atoms with Crippen LogP contribution in [0.5, 0.6) is 5.88 Å². The van der Waals surface area contributed by atoms with E-state index in [4.69, 9.17) is 21.1 Å². The smallest absolute Gasteiger partial charge is 0.274 e. The van der Waals surface area contributed by atoms with Crippen molar-refractivity contribution in [1.29, 1.82) is 0 Å². The van der Waals surface area contributed by atoms with Crippen molar-refractivity contribution in [2.45, 2.75) is 17.1 Å². The minimum Gasteiger partial charge on any atom is -0.481 e. The van der Waals surface area contributed by atoms with Crippen molar-refractivity contribution in [2.75, 3.05) is 40.2 Å². The summed E-state index contributed by atoms with van der Waals surface area (Å²) in [6.45, 7) is 5.28. The Hall–Kier alpha value is -2.46. The Balaban J connectivity index is 1.68. The Bertz CT molecular complexity index is 1620. The van der Waals surface area contributed by atoms with E-state index in [0.29, 0.717) is 11.4 Å². The Morgan fingerprint density at radius 1 is 1.29 bits per heavy atom. The maximum Gasteiger partial charge on any atom is 0.274 e. The first-order chi connectivity index (χ1) is 17.6. The Labute approximate surface area is 234 Å². The molecular formula is C22H27BrClN5O7S2. The van der Waals surface area contributed by atoms with Gasteiger partial charge in [0.2, 0.25) is 5.88 Å². The number of carbonyl (C=O) groups excluding carboxylic acids is 1. The van der Waals surface area contributed by atoms with Crippen LogP contribution in [-0.4, -0.2) is 92.0 Å². The molecule has 12 nitrogen and oxygen atoms in total. The van der Waals surface area contributed by atoms with Crippen LogP contribution in [-0.2, 0) is 31.6 Å². The van der Waals surface area contributed by atoms with E-state index < -0.39 is 25.1 Å². The number of likely N-dealkylation sites (N-methyl/N-ethyl adjacent to an activating group) is 1. The van der Waals surface area contributed by atoms with E-state index in [-0.39, 0.29) is 56.8 Å². The molecule has 208 valence electrons. The minimum atomic E-state index is -3.90. The van der Waals surface area contributed by atoms with Crippen molar-refractivity contribution in [3.05, 3.63) is 39.6 Å². The topological polar surface area (TPSA) is 143 Å². The van der Waals surface area contributed by atoms with Gasteiger partial charge < -0.3 is 14.4 Å². The van der Waals surface area contributed by atoms with Crippen LogP contribution in [0.2, 0.25) is 5.02 Å². The van der Waals surface area contributed by atoms with Crippen LogP contribution in [0.4, 0.5) is 0 Å². The summed E-state index contributed by atoms with van der Waals surface area (Å²) in [5.41, 5.74) is 0.717. The number of hydrogen-bond donors (Lipinski definition) is 0. The number of aromatic nitrogens is 4. The molecule has 0 radical (unpaired) electrons. The molecule has 0 saturated heterocycles. The molecule has 1 aromatic carbocycles. The molecule has 1 atom stereocenters. The molecule has 2 heterocycles. The normalized spacial score (nSPS) is 13.0. The molecule has 3 rings (SSSR count). The minimum absolute atomic E-state index is 0.0711. The molecule has 3 aromatic rings. The zero-order valence-electron chi connectivity index (χ0n) is 21.3. The fraction of sp³-hybridized carbons (Fsp3) is 0.409. The highest BCUT2D eigenvalue weighted by Gasteiger charge is 2.28. The van der Waals surface area contributed by atoms with Crippen LogP contribution in [0, 0.1) is 0 Å². The number of carbonyl (C=O) groups is 1. The molecule has 0 N–H and O–H groups in total. The zero-order valence-corrected chi connectivity index (χ0v) is 25.3. The van der Waals surface area contributed by atoms with Crippen molar-refractivity contribution in [1.82, 2.24) is 23.9 Å². The van der Waals surface area contributed by atoms with Crippen LogP contribution in [0.25, 0.3) is 17.0 Å². The van der Waals surface area contributed by atoms with E-state index in [9.17, 15) is 21.6 Å². The molecule has 0 aliphatic heterocycles. The van der Waals surface area contributed by atoms with E-state index in [2.05, 4.69) is 32.7 Å². The van der Waals surface area contributed by atoms with Crippen molar-refractivity contribution in [2.24, 2.45) is 7.05 Å². The van der Waals surface area contributed by atoms with Crippen LogP contribution < -0.4 is 4.74 Å². The van der Waals surface area contributed by atoms with Crippen molar-refractivity contribution >= 4 is 70.3 Å². The molecule has 0 fully saturated rings. The molecule has 0 unspecified atom stereocenters. The van der Waals surface area contributed by atoms with E-state index in [1.807, 2.05) is 0 Å². The molecule has 0 spiro atoms. The zero-order chi connectivity index (χ0) is 28.6. The van der Waals surface area contributed by atoms with Gasteiger partial charge in [-0.15, -0.1) is 5.10 Å². The summed E-state index contributed by atoms with van der Waals surface area (Å²) in [4.78, 5) is 14.1. The highest BCUT2D eigenvalue weighted by molar-refractivity contribution is 9.10. The van der Waals surface area contributed by atoms with Gasteiger partial charge in [0.15, 0.2) is 15.5 Å². The van der Waals surface area contributed by atoms with Gasteiger partial charge in [0, 0.05) is 26.0 Å². The number of amides is 1. The molecule has 16 heteroatoms. The van der Waals surface area contributed by atoms with E-state index >= 15 is 0 Å². The summed E-state index contributed by atoms with van der Waals surface area (Å²) in [5.74, 6) is 0.0345. The number of halogens is 2. The fourth-order valence-corrected chi connectivity index (χ4v) is 6.72. The number of aryl methyl sites for hydroxylation is 1. The van der Waals surface area contributed by atoms with Gasteiger partial charge in [0.25, 0.3) is 15.9 Å². The number of hydrogen-bond acceptors (Lipinski definition) is 9. The summed E-state index contributed by atoms with van der Waals surface area (Å²) in [7, 11) is -2.98. The summed E-state index contributed by atoms with van der Waals surface area (Å²) >= 11 is 9.45. The second-order valence-corrected chi connectivity index (χ2v) is 13.8. The van der Waals surface area contributed by atoms with E-state index in [0.717, 1.165) is 10.3 Å². The summed E-state index contributed by atoms with van der Waals surface area (Å²) in [5, 5.41) is 7.31. The molecule has 0 aliphatic rings. The fourth-order valence-electron chi connectivity index (χ4n) is 3.68. The first-order valence-electron chi connectivity index (χ1n) is 11.0. The van der Waals surface area contributed by atoms with Gasteiger partial charge in [-0.25, -0.2) is 21.5 Å². The number of nitrogens with zero attached hydrogens (tertiary/aromatic N) is 5. The lowest BCUT2D eigenvalue weighted by Gasteiger charge is -2.18. The number of benzene rings is 1. The Morgan fingerprint density at radius 2 is 1.95 bits per heavy atom. The van der Waals surface area contributed by atoms with E-state index in [1.165, 1.54) is 41.8 Å². The largest absolute Gasteiger partial charge is 0.481 e. The van der Waals surface area contributed by atoms with Gasteiger partial charge in [0.05, 0.1) is 47.3 Å². The quantitative estimate of drug-likeness (QED) is 0.286. The maximum atomic E-state index is 13.2. The van der Waals surface area contributed by atoms with Crippen molar-refractivity contribution in [3.8, 4) is 5.88 Å².